The molecule has 0 radical (unpaired) electrons. The molecule has 2 heterocycles. The minimum absolute atomic E-state index is 0.258. The van der Waals surface area contributed by atoms with Gasteiger partial charge in [0.05, 0.1) is 0 Å². The fraction of sp³-hybridized carbons (Fsp3) is 0.150. The highest BCUT2D eigenvalue weighted by atomic mass is 16.5. The number of benzene rings is 1. The molecule has 3 N–H and O–H groups in total. The van der Waals surface area contributed by atoms with Crippen LogP contribution in [0.2, 0.25) is 0 Å². The van der Waals surface area contributed by atoms with E-state index in [9.17, 15) is 4.79 Å². The maximum Gasteiger partial charge on any atom is 0.254 e. The van der Waals surface area contributed by atoms with Crippen molar-refractivity contribution in [3.05, 3.63) is 83.9 Å². The zero-order chi connectivity index (χ0) is 18.2. The van der Waals surface area contributed by atoms with Gasteiger partial charge in [0.25, 0.3) is 5.91 Å². The summed E-state index contributed by atoms with van der Waals surface area (Å²) in [5.74, 6) is 0.468. The number of carbonyl (C=O) groups excluding carboxylic acids is 1. The zero-order valence-corrected chi connectivity index (χ0v) is 14.3. The normalized spacial score (nSPS) is 10.5. The number of aromatic nitrogens is 2. The summed E-state index contributed by atoms with van der Waals surface area (Å²) >= 11 is 0. The molecule has 3 aromatic rings. The molecule has 132 valence electrons. The molecule has 26 heavy (non-hydrogen) atoms. The van der Waals surface area contributed by atoms with E-state index in [-0.39, 0.29) is 5.56 Å². The number of hydrogen-bond donors (Lipinski definition) is 2. The third kappa shape index (κ3) is 4.87. The lowest BCUT2D eigenvalue weighted by atomic mass is 10.2. The summed E-state index contributed by atoms with van der Waals surface area (Å²) < 4.78 is 5.74. The Bertz CT molecular complexity index is 851. The maximum atomic E-state index is 11.4. The first-order valence-electron chi connectivity index (χ1n) is 8.32. The van der Waals surface area contributed by atoms with Gasteiger partial charge in [-0.05, 0) is 48.4 Å². The first-order chi connectivity index (χ1) is 12.7. The SMILES string of the molecule is NC(=O)c1cnccc1Oc1ccc(CNCCc2cccnc2)cc1. The predicted octanol–water partition coefficient (Wildman–Crippen LogP) is 2.70. The van der Waals surface area contributed by atoms with Gasteiger partial charge in [0.1, 0.15) is 17.1 Å². The molecule has 0 aliphatic heterocycles. The molecule has 0 spiro atoms. The molecule has 1 amide bonds. The summed E-state index contributed by atoms with van der Waals surface area (Å²) in [4.78, 5) is 19.4. The van der Waals surface area contributed by atoms with E-state index in [1.807, 2.05) is 36.5 Å². The van der Waals surface area contributed by atoms with Gasteiger partial charge in [-0.3, -0.25) is 14.8 Å². The number of hydrogen-bond acceptors (Lipinski definition) is 5. The highest BCUT2D eigenvalue weighted by Gasteiger charge is 2.10. The van der Waals surface area contributed by atoms with E-state index in [1.165, 1.54) is 11.8 Å². The molecule has 0 aliphatic rings. The van der Waals surface area contributed by atoms with Crippen molar-refractivity contribution in [1.29, 1.82) is 0 Å². The Kier molecular flexibility index (Phi) is 5.90. The molecule has 3 rings (SSSR count). The summed E-state index contributed by atoms with van der Waals surface area (Å²) in [7, 11) is 0. The molecule has 0 saturated heterocycles. The molecular formula is C20H20N4O2. The monoisotopic (exact) mass is 348 g/mol. The number of amides is 1. The first kappa shape index (κ1) is 17.6. The number of nitrogens with one attached hydrogen (secondary N) is 1. The van der Waals surface area contributed by atoms with Crippen molar-refractivity contribution >= 4 is 5.91 Å². The van der Waals surface area contributed by atoms with Crippen molar-refractivity contribution in [3.63, 3.8) is 0 Å². The van der Waals surface area contributed by atoms with E-state index in [2.05, 4.69) is 21.4 Å². The number of rotatable bonds is 8. The highest BCUT2D eigenvalue weighted by molar-refractivity contribution is 5.95. The van der Waals surface area contributed by atoms with E-state index in [4.69, 9.17) is 10.5 Å². The second-order valence-corrected chi connectivity index (χ2v) is 5.77. The van der Waals surface area contributed by atoms with E-state index in [1.54, 1.807) is 18.5 Å². The lowest BCUT2D eigenvalue weighted by Gasteiger charge is -2.10. The molecule has 0 atom stereocenters. The summed E-state index contributed by atoms with van der Waals surface area (Å²) in [5, 5.41) is 3.41. The molecule has 0 saturated carbocycles. The number of ether oxygens (including phenoxy) is 1. The van der Waals surface area contributed by atoms with Crippen LogP contribution in [0.1, 0.15) is 21.5 Å². The number of carbonyl (C=O) groups is 1. The van der Waals surface area contributed by atoms with Crippen LogP contribution in [-0.4, -0.2) is 22.4 Å². The number of nitrogens with two attached hydrogens (primary N) is 1. The van der Waals surface area contributed by atoms with Gasteiger partial charge in [-0.25, -0.2) is 0 Å². The Labute approximate surface area is 152 Å². The summed E-state index contributed by atoms with van der Waals surface area (Å²) in [5.41, 5.74) is 7.95. The van der Waals surface area contributed by atoms with Gasteiger partial charge in [0.2, 0.25) is 0 Å². The van der Waals surface area contributed by atoms with Gasteiger partial charge < -0.3 is 15.8 Å². The Morgan fingerprint density at radius 3 is 2.54 bits per heavy atom. The van der Waals surface area contributed by atoms with Crippen LogP contribution in [0.25, 0.3) is 0 Å². The van der Waals surface area contributed by atoms with E-state index < -0.39 is 5.91 Å². The van der Waals surface area contributed by atoms with Gasteiger partial charge in [0.15, 0.2) is 0 Å². The van der Waals surface area contributed by atoms with Crippen molar-refractivity contribution in [2.45, 2.75) is 13.0 Å². The van der Waals surface area contributed by atoms with Gasteiger partial charge >= 0.3 is 0 Å². The van der Waals surface area contributed by atoms with Gasteiger partial charge in [-0.15, -0.1) is 0 Å². The lowest BCUT2D eigenvalue weighted by Crippen LogP contribution is -2.16. The molecule has 0 unspecified atom stereocenters. The summed E-state index contributed by atoms with van der Waals surface area (Å²) in [6, 6.07) is 13.3. The molecule has 6 nitrogen and oxygen atoms in total. The van der Waals surface area contributed by atoms with Crippen LogP contribution in [0.5, 0.6) is 11.5 Å². The van der Waals surface area contributed by atoms with E-state index >= 15 is 0 Å². The van der Waals surface area contributed by atoms with Crippen molar-refractivity contribution < 1.29 is 9.53 Å². The van der Waals surface area contributed by atoms with Crippen LogP contribution >= 0.6 is 0 Å². The number of primary amides is 1. The predicted molar refractivity (Wildman–Crippen MR) is 98.9 cm³/mol. The largest absolute Gasteiger partial charge is 0.456 e. The minimum atomic E-state index is -0.567. The highest BCUT2D eigenvalue weighted by Crippen LogP contribution is 2.24. The first-order valence-corrected chi connectivity index (χ1v) is 8.32. The van der Waals surface area contributed by atoms with E-state index in [0.29, 0.717) is 11.5 Å². The minimum Gasteiger partial charge on any atom is -0.456 e. The van der Waals surface area contributed by atoms with Gasteiger partial charge in [-0.2, -0.15) is 0 Å². The maximum absolute atomic E-state index is 11.4. The van der Waals surface area contributed by atoms with Crippen molar-refractivity contribution in [2.75, 3.05) is 6.54 Å². The Hall–Kier alpha value is -3.25. The van der Waals surface area contributed by atoms with Crippen molar-refractivity contribution in [3.8, 4) is 11.5 Å². The topological polar surface area (TPSA) is 90.1 Å². The van der Waals surface area contributed by atoms with Gasteiger partial charge in [-0.1, -0.05) is 18.2 Å². The molecule has 0 aliphatic carbocycles. The standard InChI is InChI=1S/C20H20N4O2/c21-20(25)18-14-24-11-8-19(18)26-17-5-3-16(4-6-17)13-23-10-7-15-2-1-9-22-12-15/h1-6,8-9,11-12,14,23H,7,10,13H2,(H2,21,25). The summed E-state index contributed by atoms with van der Waals surface area (Å²) in [6.07, 6.45) is 7.56. The van der Waals surface area contributed by atoms with Crippen molar-refractivity contribution in [2.24, 2.45) is 5.73 Å². The van der Waals surface area contributed by atoms with Crippen LogP contribution in [0.3, 0.4) is 0 Å². The number of nitrogens with zero attached hydrogens (tertiary/aromatic N) is 2. The average Bonchev–Trinajstić information content (AvgIpc) is 2.67. The number of pyridine rings is 2. The van der Waals surface area contributed by atoms with Crippen LogP contribution in [-0.2, 0) is 13.0 Å². The molecule has 1 aromatic carbocycles. The van der Waals surface area contributed by atoms with Crippen LogP contribution < -0.4 is 15.8 Å². The third-order valence-corrected chi connectivity index (χ3v) is 3.84. The smallest absolute Gasteiger partial charge is 0.254 e. The Morgan fingerprint density at radius 1 is 1.00 bits per heavy atom. The Balaban J connectivity index is 1.51. The van der Waals surface area contributed by atoms with Crippen LogP contribution in [0, 0.1) is 0 Å². The summed E-state index contributed by atoms with van der Waals surface area (Å²) in [6.45, 7) is 1.64. The third-order valence-electron chi connectivity index (χ3n) is 3.84. The second-order valence-electron chi connectivity index (χ2n) is 5.77. The van der Waals surface area contributed by atoms with E-state index in [0.717, 1.165) is 25.1 Å². The van der Waals surface area contributed by atoms with Crippen LogP contribution in [0.4, 0.5) is 0 Å². The zero-order valence-electron chi connectivity index (χ0n) is 14.3. The van der Waals surface area contributed by atoms with Gasteiger partial charge in [0, 0.05) is 31.3 Å². The van der Waals surface area contributed by atoms with Crippen molar-refractivity contribution in [1.82, 2.24) is 15.3 Å². The second kappa shape index (κ2) is 8.73. The Morgan fingerprint density at radius 2 is 1.81 bits per heavy atom. The fourth-order valence-electron chi connectivity index (χ4n) is 2.47. The molecule has 2 aromatic heterocycles. The molecule has 0 fully saturated rings. The molecule has 0 bridgehead atoms. The fourth-order valence-corrected chi connectivity index (χ4v) is 2.47. The van der Waals surface area contributed by atoms with Crippen LogP contribution in [0.15, 0.2) is 67.3 Å². The molecule has 6 heteroatoms. The quantitative estimate of drug-likeness (QED) is 0.611. The lowest BCUT2D eigenvalue weighted by molar-refractivity contribution is 0.0997. The average molecular weight is 348 g/mol. The molecular weight excluding hydrogens is 328 g/mol.